The van der Waals surface area contributed by atoms with Gasteiger partial charge in [-0.05, 0) is 45.0 Å². The number of imidazole rings is 1. The van der Waals surface area contributed by atoms with Crippen LogP contribution in [0.15, 0.2) is 56.5 Å². The molecule has 4 rings (SSSR count). The van der Waals surface area contributed by atoms with E-state index in [1.165, 1.54) is 9.13 Å². The first-order valence-corrected chi connectivity index (χ1v) is 8.73. The van der Waals surface area contributed by atoms with E-state index < -0.39 is 23.1 Å². The van der Waals surface area contributed by atoms with Crippen molar-refractivity contribution in [3.05, 3.63) is 63.5 Å². The summed E-state index contributed by atoms with van der Waals surface area (Å²) in [5.41, 5.74) is 1.10. The summed E-state index contributed by atoms with van der Waals surface area (Å²) in [5, 5.41) is 0. The average Bonchev–Trinajstić information content (AvgIpc) is 3.06. The van der Waals surface area contributed by atoms with E-state index >= 15 is 0 Å². The van der Waals surface area contributed by atoms with Crippen molar-refractivity contribution in [2.45, 2.75) is 26.4 Å². The van der Waals surface area contributed by atoms with Gasteiger partial charge >= 0.3 is 17.5 Å². The molecule has 0 N–H and O–H groups in total. The van der Waals surface area contributed by atoms with Gasteiger partial charge in [-0.1, -0.05) is 12.1 Å². The number of hydrogen-bond donors (Lipinski definition) is 0. The van der Waals surface area contributed by atoms with Crippen LogP contribution < -0.4 is 11.4 Å². The van der Waals surface area contributed by atoms with Gasteiger partial charge in [-0.2, -0.15) is 4.57 Å². The number of aryl methyl sites for hydroxylation is 1. The highest BCUT2D eigenvalue weighted by Crippen LogP contribution is 2.22. The number of benzene rings is 2. The van der Waals surface area contributed by atoms with Gasteiger partial charge in [-0.3, -0.25) is 9.13 Å². The summed E-state index contributed by atoms with van der Waals surface area (Å²) < 4.78 is 14.4. The Morgan fingerprint density at radius 3 is 2.36 bits per heavy atom. The molecule has 0 saturated carbocycles. The van der Waals surface area contributed by atoms with Gasteiger partial charge in [0.05, 0.1) is 22.2 Å². The molecule has 0 aliphatic rings. The van der Waals surface area contributed by atoms with E-state index in [-0.39, 0.29) is 0 Å². The zero-order valence-electron chi connectivity index (χ0n) is 15.9. The summed E-state index contributed by atoms with van der Waals surface area (Å²) >= 11 is 0. The number of ether oxygens (including phenoxy) is 1. The summed E-state index contributed by atoms with van der Waals surface area (Å²) in [6.45, 7) is 5.21. The Balaban J connectivity index is 1.98. The molecule has 28 heavy (non-hydrogen) atoms. The Morgan fingerprint density at radius 2 is 1.68 bits per heavy atom. The van der Waals surface area contributed by atoms with Crippen LogP contribution >= 0.6 is 0 Å². The molecule has 0 aliphatic carbocycles. The molecule has 0 saturated heterocycles. The SMILES string of the molecule is Cn1c(=O)oc2cc(-n3c(=O)n(C(=O)OC(C)(C)C)c4ccccc43)ccc21. The number of para-hydroxylation sites is 2. The van der Waals surface area contributed by atoms with Crippen molar-refractivity contribution in [2.24, 2.45) is 7.05 Å². The minimum absolute atomic E-state index is 0.353. The highest BCUT2D eigenvalue weighted by Gasteiger charge is 2.24. The fourth-order valence-corrected chi connectivity index (χ4v) is 3.14. The van der Waals surface area contributed by atoms with Gasteiger partial charge in [0.2, 0.25) is 0 Å². The minimum Gasteiger partial charge on any atom is -0.443 e. The van der Waals surface area contributed by atoms with Crippen molar-refractivity contribution in [1.82, 2.24) is 13.7 Å². The van der Waals surface area contributed by atoms with Crippen LogP contribution in [-0.2, 0) is 11.8 Å². The number of rotatable bonds is 1. The Labute approximate surface area is 159 Å². The van der Waals surface area contributed by atoms with Crippen molar-refractivity contribution in [2.75, 3.05) is 0 Å². The fourth-order valence-electron chi connectivity index (χ4n) is 3.14. The molecule has 8 nitrogen and oxygen atoms in total. The van der Waals surface area contributed by atoms with Crippen LogP contribution in [-0.4, -0.2) is 25.4 Å². The molecule has 0 aliphatic heterocycles. The lowest BCUT2D eigenvalue weighted by atomic mass is 10.2. The zero-order valence-corrected chi connectivity index (χ0v) is 15.9. The van der Waals surface area contributed by atoms with E-state index in [0.717, 1.165) is 4.57 Å². The van der Waals surface area contributed by atoms with E-state index in [2.05, 4.69) is 0 Å². The Morgan fingerprint density at radius 1 is 1.00 bits per heavy atom. The molecular formula is C20H19N3O5. The third-order valence-electron chi connectivity index (χ3n) is 4.36. The third-order valence-corrected chi connectivity index (χ3v) is 4.36. The minimum atomic E-state index is -0.750. The standard InChI is InChI=1S/C20H19N3O5/c1-20(2,3)28-19(26)23-14-8-6-5-7-13(14)22(17(23)24)12-9-10-15-16(11-12)27-18(25)21(15)4/h5-11H,1-4H3. The second-order valence-corrected chi connectivity index (χ2v) is 7.50. The van der Waals surface area contributed by atoms with Gasteiger partial charge in [0.15, 0.2) is 5.58 Å². The quantitative estimate of drug-likeness (QED) is 0.506. The van der Waals surface area contributed by atoms with Crippen molar-refractivity contribution in [1.29, 1.82) is 0 Å². The Bertz CT molecular complexity index is 1340. The Kier molecular flexibility index (Phi) is 3.81. The largest absolute Gasteiger partial charge is 0.443 e. The van der Waals surface area contributed by atoms with Gasteiger partial charge in [0.1, 0.15) is 5.60 Å². The molecule has 0 atom stereocenters. The molecule has 4 aromatic rings. The molecule has 144 valence electrons. The molecule has 0 spiro atoms. The lowest BCUT2D eigenvalue weighted by molar-refractivity contribution is 0.0538. The summed E-state index contributed by atoms with van der Waals surface area (Å²) in [5.74, 6) is -0.490. The lowest BCUT2D eigenvalue weighted by Gasteiger charge is -2.19. The highest BCUT2D eigenvalue weighted by molar-refractivity contribution is 5.88. The number of hydrogen-bond acceptors (Lipinski definition) is 5. The molecule has 8 heteroatoms. The van der Waals surface area contributed by atoms with Crippen molar-refractivity contribution in [3.8, 4) is 5.69 Å². The zero-order chi connectivity index (χ0) is 20.2. The maximum Gasteiger partial charge on any atom is 0.423 e. The summed E-state index contributed by atoms with van der Waals surface area (Å²) in [6, 6.07) is 11.9. The predicted molar refractivity (Wildman–Crippen MR) is 104 cm³/mol. The van der Waals surface area contributed by atoms with Crippen LogP contribution in [0.5, 0.6) is 0 Å². The number of oxazole rings is 1. The number of carbonyl (C=O) groups is 1. The number of nitrogens with zero attached hydrogens (tertiary/aromatic N) is 3. The van der Waals surface area contributed by atoms with Gasteiger partial charge in [-0.15, -0.1) is 0 Å². The van der Waals surface area contributed by atoms with E-state index in [1.807, 2.05) is 0 Å². The summed E-state index contributed by atoms with van der Waals surface area (Å²) in [6.07, 6.45) is -0.750. The first kappa shape index (κ1) is 17.8. The van der Waals surface area contributed by atoms with Crippen LogP contribution in [0.25, 0.3) is 27.8 Å². The first-order valence-electron chi connectivity index (χ1n) is 8.73. The van der Waals surface area contributed by atoms with Crippen molar-refractivity contribution < 1.29 is 13.9 Å². The van der Waals surface area contributed by atoms with E-state index in [4.69, 9.17) is 9.15 Å². The number of fused-ring (bicyclic) bond motifs is 2. The van der Waals surface area contributed by atoms with Crippen LogP contribution in [0, 0.1) is 0 Å². The van der Waals surface area contributed by atoms with Crippen LogP contribution in [0.3, 0.4) is 0 Å². The molecule has 0 bridgehead atoms. The Hall–Kier alpha value is -3.55. The van der Waals surface area contributed by atoms with Crippen LogP contribution in [0.1, 0.15) is 20.8 Å². The highest BCUT2D eigenvalue weighted by atomic mass is 16.6. The van der Waals surface area contributed by atoms with Crippen molar-refractivity contribution in [3.63, 3.8) is 0 Å². The normalized spacial score (nSPS) is 12.0. The molecule has 0 radical (unpaired) electrons. The number of aromatic nitrogens is 3. The van der Waals surface area contributed by atoms with E-state index in [1.54, 1.807) is 70.3 Å². The fraction of sp³-hybridized carbons (Fsp3) is 0.250. The van der Waals surface area contributed by atoms with E-state index in [0.29, 0.717) is 27.8 Å². The molecule has 0 fully saturated rings. The van der Waals surface area contributed by atoms with Gasteiger partial charge < -0.3 is 9.15 Å². The van der Waals surface area contributed by atoms with Gasteiger partial charge in [0.25, 0.3) is 0 Å². The maximum absolute atomic E-state index is 13.2. The number of carbonyl (C=O) groups excluding carboxylic acids is 1. The molecule has 0 amide bonds. The molecule has 2 aromatic carbocycles. The van der Waals surface area contributed by atoms with Gasteiger partial charge in [0, 0.05) is 13.1 Å². The van der Waals surface area contributed by atoms with E-state index in [9.17, 15) is 14.4 Å². The summed E-state index contributed by atoms with van der Waals surface area (Å²) in [7, 11) is 1.61. The van der Waals surface area contributed by atoms with Crippen LogP contribution in [0.4, 0.5) is 4.79 Å². The molecule has 2 aromatic heterocycles. The molecule has 0 unspecified atom stereocenters. The maximum atomic E-state index is 13.2. The summed E-state index contributed by atoms with van der Waals surface area (Å²) in [4.78, 5) is 37.6. The second kappa shape index (κ2) is 5.98. The molecular weight excluding hydrogens is 362 g/mol. The van der Waals surface area contributed by atoms with Crippen LogP contribution in [0.2, 0.25) is 0 Å². The average molecular weight is 381 g/mol. The first-order chi connectivity index (χ1) is 13.2. The van der Waals surface area contributed by atoms with Crippen molar-refractivity contribution >= 4 is 28.2 Å². The molecule has 2 heterocycles. The van der Waals surface area contributed by atoms with Gasteiger partial charge in [-0.25, -0.2) is 14.4 Å². The lowest BCUT2D eigenvalue weighted by Crippen LogP contribution is -2.34. The predicted octanol–water partition coefficient (Wildman–Crippen LogP) is 3.02. The second-order valence-electron chi connectivity index (χ2n) is 7.50. The topological polar surface area (TPSA) is 88.4 Å². The third kappa shape index (κ3) is 2.74. The smallest absolute Gasteiger partial charge is 0.423 e. The monoisotopic (exact) mass is 381 g/mol.